The summed E-state index contributed by atoms with van der Waals surface area (Å²) < 4.78 is 45.0. The van der Waals surface area contributed by atoms with E-state index in [2.05, 4.69) is 6.07 Å². The van der Waals surface area contributed by atoms with Crippen LogP contribution in [-0.2, 0) is 61.9 Å². The molecule has 0 spiro atoms. The lowest BCUT2D eigenvalue weighted by Gasteiger charge is -2.35. The van der Waals surface area contributed by atoms with Crippen LogP contribution in [0.25, 0.3) is 0 Å². The molecule has 0 amide bonds. The van der Waals surface area contributed by atoms with E-state index in [4.69, 9.17) is 37.9 Å². The van der Waals surface area contributed by atoms with Crippen LogP contribution in [0.4, 0.5) is 0 Å². The lowest BCUT2D eigenvalue weighted by molar-refractivity contribution is -0.0104. The molecule has 3 aromatic rings. The number of rotatable bonds is 32. The zero-order valence-electron chi connectivity index (χ0n) is 33.1. The van der Waals surface area contributed by atoms with Crippen molar-refractivity contribution in [2.75, 3.05) is 92.5 Å². The lowest BCUT2D eigenvalue weighted by atomic mass is 9.73. The van der Waals surface area contributed by atoms with Gasteiger partial charge in [-0.1, -0.05) is 113 Å². The first-order valence-electron chi connectivity index (χ1n) is 19.4. The van der Waals surface area contributed by atoms with Crippen molar-refractivity contribution in [3.63, 3.8) is 0 Å². The van der Waals surface area contributed by atoms with Crippen molar-refractivity contribution in [1.82, 2.24) is 0 Å². The molecule has 3 rings (SSSR count). The van der Waals surface area contributed by atoms with E-state index in [1.54, 1.807) is 0 Å². The standard InChI is InChI=1S/C44H66O10/c1-43(2,41(45)18-20-47-22-24-49-26-28-51-30-32-53-35-37-12-7-5-8-13-37)39-16-11-17-40(34-39)44(3,4)42(46)19-21-48-23-25-50-27-29-52-31-33-54-36-38-14-9-6-10-15-38/h5-17,34,41-42,45-46H,18-33,35-36H2,1-4H3. The fourth-order valence-electron chi connectivity index (χ4n) is 5.67. The van der Waals surface area contributed by atoms with E-state index in [9.17, 15) is 10.2 Å². The van der Waals surface area contributed by atoms with Crippen LogP contribution in [0.3, 0.4) is 0 Å². The van der Waals surface area contributed by atoms with Gasteiger partial charge < -0.3 is 48.1 Å². The SMILES string of the molecule is CC(C)(c1cccc(C(C)(C)C(O)CCOCCOCCOCCOCc2ccccc2)c1)C(O)CCOCCOCCOCCOCc1ccccc1. The fourth-order valence-corrected chi connectivity index (χ4v) is 5.67. The Morgan fingerprint density at radius 3 is 1.02 bits per heavy atom. The summed E-state index contributed by atoms with van der Waals surface area (Å²) in [5.74, 6) is 0. The minimum Gasteiger partial charge on any atom is -0.392 e. The number of aliphatic hydroxyl groups excluding tert-OH is 2. The van der Waals surface area contributed by atoms with Crippen molar-refractivity contribution in [1.29, 1.82) is 0 Å². The summed E-state index contributed by atoms with van der Waals surface area (Å²) >= 11 is 0. The Balaban J connectivity index is 1.20. The molecule has 2 N–H and O–H groups in total. The highest BCUT2D eigenvalue weighted by Gasteiger charge is 2.33. The van der Waals surface area contributed by atoms with Gasteiger partial charge in [0.05, 0.1) is 105 Å². The summed E-state index contributed by atoms with van der Waals surface area (Å²) in [6.07, 6.45) is -0.234. The van der Waals surface area contributed by atoms with Crippen LogP contribution in [-0.4, -0.2) is 115 Å². The van der Waals surface area contributed by atoms with Crippen LogP contribution in [0.15, 0.2) is 84.9 Å². The van der Waals surface area contributed by atoms with Gasteiger partial charge in [-0.05, 0) is 35.1 Å². The second kappa shape index (κ2) is 27.0. The average molecular weight is 755 g/mol. The molecule has 10 nitrogen and oxygen atoms in total. The zero-order valence-corrected chi connectivity index (χ0v) is 33.1. The molecule has 0 aliphatic heterocycles. The molecule has 0 radical (unpaired) electrons. The highest BCUT2D eigenvalue weighted by molar-refractivity contribution is 5.35. The molecule has 0 saturated carbocycles. The summed E-state index contributed by atoms with van der Waals surface area (Å²) in [6.45, 7) is 16.1. The summed E-state index contributed by atoms with van der Waals surface area (Å²) in [5.41, 5.74) is 3.30. The van der Waals surface area contributed by atoms with Crippen molar-refractivity contribution in [3.8, 4) is 0 Å². The maximum Gasteiger partial charge on any atom is 0.0718 e. The molecular weight excluding hydrogens is 688 g/mol. The van der Waals surface area contributed by atoms with E-state index >= 15 is 0 Å². The van der Waals surface area contributed by atoms with E-state index in [0.717, 1.165) is 22.3 Å². The summed E-state index contributed by atoms with van der Waals surface area (Å²) in [6, 6.07) is 28.3. The third-order valence-corrected chi connectivity index (χ3v) is 9.54. The first-order valence-corrected chi connectivity index (χ1v) is 19.4. The number of benzene rings is 3. The van der Waals surface area contributed by atoms with Crippen LogP contribution in [0.5, 0.6) is 0 Å². The topological polar surface area (TPSA) is 114 Å². The van der Waals surface area contributed by atoms with Gasteiger partial charge in [0, 0.05) is 24.0 Å². The van der Waals surface area contributed by atoms with E-state index in [-0.39, 0.29) is 0 Å². The van der Waals surface area contributed by atoms with Crippen molar-refractivity contribution >= 4 is 0 Å². The van der Waals surface area contributed by atoms with Gasteiger partial charge in [0.2, 0.25) is 0 Å². The highest BCUT2D eigenvalue weighted by Crippen LogP contribution is 2.34. The molecule has 0 aromatic heterocycles. The van der Waals surface area contributed by atoms with Crippen LogP contribution in [0.1, 0.15) is 62.8 Å². The molecule has 54 heavy (non-hydrogen) atoms. The Bertz CT molecular complexity index is 1240. The second-order valence-corrected chi connectivity index (χ2v) is 14.4. The van der Waals surface area contributed by atoms with Crippen molar-refractivity contribution in [3.05, 3.63) is 107 Å². The Hall–Kier alpha value is -2.74. The minimum absolute atomic E-state index is 0.428. The summed E-state index contributed by atoms with van der Waals surface area (Å²) in [4.78, 5) is 0. The predicted octanol–water partition coefficient (Wildman–Crippen LogP) is 6.28. The van der Waals surface area contributed by atoms with Crippen LogP contribution >= 0.6 is 0 Å². The Kier molecular flexibility index (Phi) is 22.8. The number of hydrogen-bond acceptors (Lipinski definition) is 10. The fraction of sp³-hybridized carbons (Fsp3) is 0.591. The quantitative estimate of drug-likeness (QED) is 0.0707. The highest BCUT2D eigenvalue weighted by atomic mass is 16.6. The monoisotopic (exact) mass is 754 g/mol. The molecule has 3 aromatic carbocycles. The van der Waals surface area contributed by atoms with Gasteiger partial charge in [0.15, 0.2) is 0 Å². The smallest absolute Gasteiger partial charge is 0.0718 e. The number of aliphatic hydroxyl groups is 2. The maximum absolute atomic E-state index is 11.1. The van der Waals surface area contributed by atoms with Gasteiger partial charge in [-0.2, -0.15) is 0 Å². The van der Waals surface area contributed by atoms with Gasteiger partial charge in [-0.3, -0.25) is 0 Å². The van der Waals surface area contributed by atoms with Crippen LogP contribution < -0.4 is 0 Å². The molecule has 0 aliphatic rings. The van der Waals surface area contributed by atoms with E-state index in [1.807, 2.05) is 107 Å². The van der Waals surface area contributed by atoms with Gasteiger partial charge in [0.25, 0.3) is 0 Å². The maximum atomic E-state index is 11.1. The Morgan fingerprint density at radius 2 is 0.685 bits per heavy atom. The Labute approximate surface area is 324 Å². The third-order valence-electron chi connectivity index (χ3n) is 9.54. The van der Waals surface area contributed by atoms with Gasteiger partial charge in [0.1, 0.15) is 0 Å². The van der Waals surface area contributed by atoms with E-state index in [0.29, 0.717) is 119 Å². The molecule has 2 unspecified atom stereocenters. The Morgan fingerprint density at radius 1 is 0.389 bits per heavy atom. The van der Waals surface area contributed by atoms with Gasteiger partial charge in [-0.25, -0.2) is 0 Å². The molecule has 0 bridgehead atoms. The number of hydrogen-bond donors (Lipinski definition) is 2. The molecule has 2 atom stereocenters. The first kappa shape index (κ1) is 45.6. The number of ether oxygens (including phenoxy) is 8. The van der Waals surface area contributed by atoms with Crippen LogP contribution in [0.2, 0.25) is 0 Å². The zero-order chi connectivity index (χ0) is 38.7. The first-order chi connectivity index (χ1) is 26.2. The normalized spacial score (nSPS) is 13.3. The molecule has 302 valence electrons. The summed E-state index contributed by atoms with van der Waals surface area (Å²) in [7, 11) is 0. The van der Waals surface area contributed by atoms with Crippen molar-refractivity contribution in [2.45, 2.75) is 76.8 Å². The molecule has 0 heterocycles. The molecule has 0 fully saturated rings. The third kappa shape index (κ3) is 18.3. The minimum atomic E-state index is -0.611. The van der Waals surface area contributed by atoms with Gasteiger partial charge in [-0.15, -0.1) is 0 Å². The predicted molar refractivity (Wildman–Crippen MR) is 211 cm³/mol. The molecule has 0 aliphatic carbocycles. The lowest BCUT2D eigenvalue weighted by Crippen LogP contribution is -2.37. The van der Waals surface area contributed by atoms with Crippen molar-refractivity contribution < 1.29 is 48.1 Å². The average Bonchev–Trinajstić information content (AvgIpc) is 3.19. The van der Waals surface area contributed by atoms with E-state index in [1.165, 1.54) is 0 Å². The molecule has 0 saturated heterocycles. The van der Waals surface area contributed by atoms with Crippen molar-refractivity contribution in [2.24, 2.45) is 0 Å². The largest absolute Gasteiger partial charge is 0.392 e. The van der Waals surface area contributed by atoms with Crippen LogP contribution in [0, 0.1) is 0 Å². The molecule has 10 heteroatoms. The summed E-state index contributed by atoms with van der Waals surface area (Å²) in [5, 5.41) is 22.3. The molecular formula is C44H66O10. The second-order valence-electron chi connectivity index (χ2n) is 14.4. The van der Waals surface area contributed by atoms with E-state index < -0.39 is 23.0 Å². The van der Waals surface area contributed by atoms with Gasteiger partial charge >= 0.3 is 0 Å².